The minimum atomic E-state index is -0.392. The van der Waals surface area contributed by atoms with E-state index in [0.29, 0.717) is 10.4 Å². The molecule has 7 nitrogen and oxygen atoms in total. The van der Waals surface area contributed by atoms with Gasteiger partial charge in [-0.3, -0.25) is 9.78 Å². The van der Waals surface area contributed by atoms with E-state index >= 15 is 0 Å². The molecule has 5 rings (SSSR count). The number of hydrogen-bond donors (Lipinski definition) is 1. The summed E-state index contributed by atoms with van der Waals surface area (Å²) < 4.78 is 8.05. The average molecular weight is 539 g/mol. The van der Waals surface area contributed by atoms with Crippen LogP contribution in [-0.2, 0) is 4.74 Å². The van der Waals surface area contributed by atoms with E-state index in [1.54, 1.807) is 18.3 Å². The van der Waals surface area contributed by atoms with E-state index in [1.165, 1.54) is 18.4 Å². The third-order valence-corrected chi connectivity index (χ3v) is 7.77. The lowest BCUT2D eigenvalue weighted by Crippen LogP contribution is -2.38. The first kappa shape index (κ1) is 22.7. The van der Waals surface area contributed by atoms with E-state index in [0.717, 1.165) is 52.0 Å². The number of nitrogens with zero attached hydrogens (tertiary/aromatic N) is 3. The number of methoxy groups -OCH3 is 1. The normalized spacial score (nSPS) is 18.1. The molecule has 0 aliphatic heterocycles. The fourth-order valence-electron chi connectivity index (χ4n) is 4.61. The van der Waals surface area contributed by atoms with Gasteiger partial charge >= 0.3 is 5.97 Å². The lowest BCUT2D eigenvalue weighted by atomic mass is 9.90. The van der Waals surface area contributed by atoms with Crippen LogP contribution in [0.2, 0.25) is 0 Å². The van der Waals surface area contributed by atoms with Crippen molar-refractivity contribution in [2.75, 3.05) is 7.11 Å². The Hall–Kier alpha value is -3.04. The highest BCUT2D eigenvalue weighted by atomic mass is 79.9. The topological polar surface area (TPSA) is 86.1 Å². The highest BCUT2D eigenvalue weighted by Crippen LogP contribution is 2.36. The summed E-state index contributed by atoms with van der Waals surface area (Å²) in [5, 5.41) is 3.22. The fourth-order valence-corrected chi connectivity index (χ4v) is 5.90. The van der Waals surface area contributed by atoms with Crippen molar-refractivity contribution in [1.29, 1.82) is 0 Å². The van der Waals surface area contributed by atoms with Gasteiger partial charge in [0.15, 0.2) is 5.82 Å². The molecule has 0 bridgehead atoms. The number of amides is 1. The van der Waals surface area contributed by atoms with Crippen LogP contribution in [0.25, 0.3) is 22.6 Å². The number of rotatable bonds is 5. The molecular formula is C25H23BrN4O3S. The number of pyridine rings is 1. The van der Waals surface area contributed by atoms with Crippen molar-refractivity contribution in [2.45, 2.75) is 37.8 Å². The summed E-state index contributed by atoms with van der Waals surface area (Å²) in [6.07, 6.45) is 5.45. The number of esters is 1. The molecule has 4 aromatic rings. The van der Waals surface area contributed by atoms with E-state index in [2.05, 4.69) is 30.8 Å². The van der Waals surface area contributed by atoms with Crippen LogP contribution < -0.4 is 5.32 Å². The predicted octanol–water partition coefficient (Wildman–Crippen LogP) is 5.62. The molecule has 1 aliphatic carbocycles. The number of aromatic nitrogens is 3. The number of halogens is 1. The van der Waals surface area contributed by atoms with Gasteiger partial charge in [-0.05, 0) is 84.1 Å². The molecule has 0 radical (unpaired) electrons. The monoisotopic (exact) mass is 538 g/mol. The van der Waals surface area contributed by atoms with Gasteiger partial charge in [0.2, 0.25) is 0 Å². The van der Waals surface area contributed by atoms with Crippen LogP contribution in [0.4, 0.5) is 0 Å². The largest absolute Gasteiger partial charge is 0.465 e. The minimum Gasteiger partial charge on any atom is -0.465 e. The summed E-state index contributed by atoms with van der Waals surface area (Å²) in [5.74, 6) is 0.331. The van der Waals surface area contributed by atoms with Gasteiger partial charge in [-0.1, -0.05) is 6.07 Å². The van der Waals surface area contributed by atoms with Crippen molar-refractivity contribution >= 4 is 50.2 Å². The van der Waals surface area contributed by atoms with Crippen molar-refractivity contribution in [2.24, 2.45) is 0 Å². The maximum atomic E-state index is 12.8. The van der Waals surface area contributed by atoms with Crippen LogP contribution in [0.5, 0.6) is 0 Å². The Bertz CT molecular complexity index is 1350. The second kappa shape index (κ2) is 9.68. The van der Waals surface area contributed by atoms with Gasteiger partial charge in [0.05, 0.1) is 32.4 Å². The average Bonchev–Trinajstić information content (AvgIpc) is 3.47. The molecule has 9 heteroatoms. The van der Waals surface area contributed by atoms with Crippen molar-refractivity contribution in [1.82, 2.24) is 19.9 Å². The molecule has 1 amide bonds. The number of fused-ring (bicyclic) bond motifs is 1. The highest BCUT2D eigenvalue weighted by Gasteiger charge is 2.29. The maximum Gasteiger partial charge on any atom is 0.337 e. The second-order valence-electron chi connectivity index (χ2n) is 8.31. The van der Waals surface area contributed by atoms with Gasteiger partial charge in [0.25, 0.3) is 5.91 Å². The number of benzene rings is 1. The van der Waals surface area contributed by atoms with E-state index in [4.69, 9.17) is 9.72 Å². The van der Waals surface area contributed by atoms with Crippen LogP contribution in [0.3, 0.4) is 0 Å². The number of carbonyl (C=O) groups excluding carboxylic acids is 2. The number of ether oxygens (including phenoxy) is 1. The van der Waals surface area contributed by atoms with Crippen LogP contribution >= 0.6 is 27.3 Å². The first-order valence-electron chi connectivity index (χ1n) is 11.1. The molecule has 0 saturated heterocycles. The SMILES string of the molecule is COC(=O)c1ccc2c(c1)nc(-c1ccccn1)n2C1CCCC(NC(=O)c2ccc(Br)s2)C1. The summed E-state index contributed by atoms with van der Waals surface area (Å²) in [4.78, 5) is 34.9. The Labute approximate surface area is 209 Å². The lowest BCUT2D eigenvalue weighted by Gasteiger charge is -2.31. The van der Waals surface area contributed by atoms with E-state index in [1.807, 2.05) is 36.4 Å². The molecule has 2 atom stereocenters. The number of thiophene rings is 1. The molecule has 34 heavy (non-hydrogen) atoms. The van der Waals surface area contributed by atoms with Crippen molar-refractivity contribution in [3.8, 4) is 11.5 Å². The Balaban J connectivity index is 1.49. The fraction of sp³-hybridized carbons (Fsp3) is 0.280. The van der Waals surface area contributed by atoms with Gasteiger partial charge in [-0.25, -0.2) is 9.78 Å². The van der Waals surface area contributed by atoms with Crippen LogP contribution in [0.15, 0.2) is 58.5 Å². The predicted molar refractivity (Wildman–Crippen MR) is 135 cm³/mol. The summed E-state index contributed by atoms with van der Waals surface area (Å²) in [6.45, 7) is 0. The van der Waals surface area contributed by atoms with Crippen molar-refractivity contribution in [3.63, 3.8) is 0 Å². The van der Waals surface area contributed by atoms with Gasteiger partial charge in [0.1, 0.15) is 5.69 Å². The third kappa shape index (κ3) is 4.50. The third-order valence-electron chi connectivity index (χ3n) is 6.15. The number of hydrogen-bond acceptors (Lipinski definition) is 6. The first-order chi connectivity index (χ1) is 16.5. The van der Waals surface area contributed by atoms with E-state index in [9.17, 15) is 9.59 Å². The van der Waals surface area contributed by atoms with Crippen LogP contribution in [-0.4, -0.2) is 39.6 Å². The Morgan fingerprint density at radius 2 is 2.06 bits per heavy atom. The quantitative estimate of drug-likeness (QED) is 0.333. The highest BCUT2D eigenvalue weighted by molar-refractivity contribution is 9.11. The van der Waals surface area contributed by atoms with E-state index < -0.39 is 5.97 Å². The molecule has 2 unspecified atom stereocenters. The van der Waals surface area contributed by atoms with Crippen molar-refractivity contribution in [3.05, 3.63) is 69.0 Å². The van der Waals surface area contributed by atoms with Gasteiger partial charge in [-0.15, -0.1) is 11.3 Å². The van der Waals surface area contributed by atoms with Gasteiger partial charge < -0.3 is 14.6 Å². The summed E-state index contributed by atoms with van der Waals surface area (Å²) in [5.41, 5.74) is 2.89. The molecule has 3 aromatic heterocycles. The number of nitrogens with one attached hydrogen (secondary N) is 1. The molecule has 1 N–H and O–H groups in total. The Kier molecular flexibility index (Phi) is 6.47. The summed E-state index contributed by atoms with van der Waals surface area (Å²) in [6, 6.07) is 15.1. The standard InChI is InChI=1S/C25H23BrN4O3S/c1-33-25(32)15-8-9-20-19(13-15)29-23(18-7-2-3-12-27-18)30(20)17-6-4-5-16(14-17)28-24(31)21-10-11-22(26)34-21/h2-3,7-13,16-17H,4-6,14H2,1H3,(H,28,31). The number of carbonyl (C=O) groups is 2. The van der Waals surface area contributed by atoms with E-state index in [-0.39, 0.29) is 18.0 Å². The van der Waals surface area contributed by atoms with Crippen LogP contribution in [0.1, 0.15) is 51.8 Å². The van der Waals surface area contributed by atoms with Gasteiger partial charge in [-0.2, -0.15) is 0 Å². The Morgan fingerprint density at radius 3 is 2.79 bits per heavy atom. The lowest BCUT2D eigenvalue weighted by molar-refractivity contribution is 0.0600. The maximum absolute atomic E-state index is 12.8. The number of imidazole rings is 1. The van der Waals surface area contributed by atoms with Crippen LogP contribution in [0, 0.1) is 0 Å². The second-order valence-corrected chi connectivity index (χ2v) is 10.8. The molecule has 0 spiro atoms. The smallest absolute Gasteiger partial charge is 0.337 e. The summed E-state index contributed by atoms with van der Waals surface area (Å²) in [7, 11) is 1.37. The molecule has 1 saturated carbocycles. The molecule has 1 fully saturated rings. The van der Waals surface area contributed by atoms with Crippen molar-refractivity contribution < 1.29 is 14.3 Å². The molecule has 3 heterocycles. The zero-order valence-electron chi connectivity index (χ0n) is 18.5. The summed E-state index contributed by atoms with van der Waals surface area (Å²) >= 11 is 4.86. The first-order valence-corrected chi connectivity index (χ1v) is 12.7. The zero-order valence-corrected chi connectivity index (χ0v) is 20.9. The Morgan fingerprint density at radius 1 is 1.18 bits per heavy atom. The minimum absolute atomic E-state index is 0.0375. The zero-order chi connectivity index (χ0) is 23.7. The molecule has 174 valence electrons. The molecular weight excluding hydrogens is 516 g/mol. The molecule has 1 aliphatic rings. The van der Waals surface area contributed by atoms with Gasteiger partial charge in [0, 0.05) is 18.3 Å². The molecule has 1 aromatic carbocycles.